The molecule has 0 fully saturated rings. The van der Waals surface area contributed by atoms with Crippen LogP contribution in [-0.2, 0) is 17.6 Å². The summed E-state index contributed by atoms with van der Waals surface area (Å²) in [5.41, 5.74) is 2.74. The van der Waals surface area contributed by atoms with Crippen molar-refractivity contribution in [3.05, 3.63) is 29.3 Å². The summed E-state index contributed by atoms with van der Waals surface area (Å²) in [5.74, 6) is 0.995. The summed E-state index contributed by atoms with van der Waals surface area (Å²) in [5, 5.41) is 7.68. The van der Waals surface area contributed by atoms with Crippen molar-refractivity contribution in [1.29, 1.82) is 0 Å². The zero-order chi connectivity index (χ0) is 18.2. The van der Waals surface area contributed by atoms with Crippen molar-refractivity contribution in [1.82, 2.24) is 15.3 Å². The fourth-order valence-corrected chi connectivity index (χ4v) is 3.76. The van der Waals surface area contributed by atoms with Gasteiger partial charge in [-0.1, -0.05) is 32.9 Å². The Hall–Kier alpha value is -1.01. The second-order valence-electron chi connectivity index (χ2n) is 6.68. The van der Waals surface area contributed by atoms with Crippen molar-refractivity contribution < 1.29 is 9.53 Å². The van der Waals surface area contributed by atoms with Crippen molar-refractivity contribution in [2.24, 2.45) is 0 Å². The van der Waals surface area contributed by atoms with Crippen LogP contribution in [0.1, 0.15) is 44.7 Å². The van der Waals surface area contributed by atoms with Crippen molar-refractivity contribution in [3.8, 4) is 5.75 Å². The first kappa shape index (κ1) is 26.0. The molecule has 1 aromatic rings. The predicted molar refractivity (Wildman–Crippen MR) is 116 cm³/mol. The summed E-state index contributed by atoms with van der Waals surface area (Å²) < 4.78 is 5.55. The highest BCUT2D eigenvalue weighted by molar-refractivity contribution is 5.85. The first-order valence-corrected chi connectivity index (χ1v) is 9.54. The molecule has 0 bridgehead atoms. The average Bonchev–Trinajstić information content (AvgIpc) is 2.66. The minimum absolute atomic E-state index is 0. The normalized spacial score (nSPS) is 16.6. The van der Waals surface area contributed by atoms with E-state index < -0.39 is 0 Å². The third-order valence-electron chi connectivity index (χ3n) is 5.25. The standard InChI is InChI=1S/C20H33N3O2.2ClH/c1-5-17(14-23(15-24)22(6-2)7-3)21-18-12-11-16-9-8-10-20(25-4)19(16)13-18;;/h8-10,15,17-18,21H,5-7,11-14H2,1-4H3;2*1H. The molecular weight excluding hydrogens is 385 g/mol. The Kier molecular flexibility index (Phi) is 12.7. The Balaban J connectivity index is 0.00000338. The number of aryl methyl sites for hydroxylation is 1. The number of hydrogen-bond donors (Lipinski definition) is 1. The summed E-state index contributed by atoms with van der Waals surface area (Å²) in [6.45, 7) is 8.76. The van der Waals surface area contributed by atoms with Crippen LogP contribution in [-0.4, -0.2) is 55.3 Å². The smallest absolute Gasteiger partial charge is 0.224 e. The predicted octanol–water partition coefficient (Wildman–Crippen LogP) is 3.48. The van der Waals surface area contributed by atoms with Gasteiger partial charge in [-0.05, 0) is 42.9 Å². The molecule has 0 spiro atoms. The lowest BCUT2D eigenvalue weighted by molar-refractivity contribution is -0.134. The zero-order valence-corrected chi connectivity index (χ0v) is 18.6. The molecule has 1 aromatic carbocycles. The van der Waals surface area contributed by atoms with E-state index in [4.69, 9.17) is 4.74 Å². The molecule has 0 saturated heterocycles. The van der Waals surface area contributed by atoms with E-state index in [1.807, 2.05) is 11.1 Å². The molecule has 1 N–H and O–H groups in total. The highest BCUT2D eigenvalue weighted by atomic mass is 35.5. The second-order valence-corrected chi connectivity index (χ2v) is 6.68. The van der Waals surface area contributed by atoms with Gasteiger partial charge < -0.3 is 10.1 Å². The fraction of sp³-hybridized carbons (Fsp3) is 0.650. The van der Waals surface area contributed by atoms with Crippen LogP contribution >= 0.6 is 24.8 Å². The Bertz CT molecular complexity index is 542. The molecule has 7 heteroatoms. The maximum Gasteiger partial charge on any atom is 0.224 e. The molecule has 0 aliphatic heterocycles. The van der Waals surface area contributed by atoms with E-state index in [2.05, 4.69) is 43.2 Å². The summed E-state index contributed by atoms with van der Waals surface area (Å²) in [4.78, 5) is 11.5. The second kappa shape index (κ2) is 13.2. The van der Waals surface area contributed by atoms with Gasteiger partial charge in [0.2, 0.25) is 6.41 Å². The summed E-state index contributed by atoms with van der Waals surface area (Å²) in [7, 11) is 1.74. The van der Waals surface area contributed by atoms with Crippen molar-refractivity contribution >= 4 is 31.2 Å². The number of carbonyl (C=O) groups is 1. The van der Waals surface area contributed by atoms with Gasteiger partial charge in [-0.2, -0.15) is 0 Å². The van der Waals surface area contributed by atoms with Gasteiger partial charge in [0, 0.05) is 25.2 Å². The monoisotopic (exact) mass is 419 g/mol. The zero-order valence-electron chi connectivity index (χ0n) is 16.9. The number of carbonyl (C=O) groups excluding carboxylic acids is 1. The number of rotatable bonds is 10. The van der Waals surface area contributed by atoms with Gasteiger partial charge in [0.25, 0.3) is 0 Å². The van der Waals surface area contributed by atoms with E-state index in [9.17, 15) is 4.79 Å². The number of fused-ring (bicyclic) bond motifs is 1. The number of amides is 1. The topological polar surface area (TPSA) is 44.8 Å². The molecule has 2 rings (SSSR count). The van der Waals surface area contributed by atoms with Crippen LogP contribution in [0.5, 0.6) is 5.75 Å². The van der Waals surface area contributed by atoms with Crippen molar-refractivity contribution in [3.63, 3.8) is 0 Å². The van der Waals surface area contributed by atoms with Gasteiger partial charge in [0.05, 0.1) is 13.7 Å². The molecule has 2 atom stereocenters. The minimum Gasteiger partial charge on any atom is -0.496 e. The Morgan fingerprint density at radius 2 is 1.96 bits per heavy atom. The van der Waals surface area contributed by atoms with E-state index in [0.717, 1.165) is 57.5 Å². The van der Waals surface area contributed by atoms with E-state index in [-0.39, 0.29) is 24.8 Å². The maximum absolute atomic E-state index is 11.5. The van der Waals surface area contributed by atoms with E-state index in [1.54, 1.807) is 7.11 Å². The van der Waals surface area contributed by atoms with Gasteiger partial charge in [-0.15, -0.1) is 24.8 Å². The average molecular weight is 420 g/mol. The number of hydrogen-bond acceptors (Lipinski definition) is 4. The molecule has 0 saturated carbocycles. The van der Waals surface area contributed by atoms with Crippen LogP contribution < -0.4 is 10.1 Å². The number of halogens is 2. The highest BCUT2D eigenvalue weighted by Crippen LogP contribution is 2.29. The number of ether oxygens (including phenoxy) is 1. The number of nitrogens with one attached hydrogen (secondary N) is 1. The Morgan fingerprint density at radius 3 is 2.52 bits per heavy atom. The van der Waals surface area contributed by atoms with E-state index in [1.165, 1.54) is 11.1 Å². The molecule has 0 aromatic heterocycles. The molecule has 1 amide bonds. The van der Waals surface area contributed by atoms with Gasteiger partial charge >= 0.3 is 0 Å². The molecule has 1 aliphatic carbocycles. The van der Waals surface area contributed by atoms with Crippen LogP contribution in [0.3, 0.4) is 0 Å². The lowest BCUT2D eigenvalue weighted by Gasteiger charge is -2.35. The van der Waals surface area contributed by atoms with Crippen LogP contribution in [0.2, 0.25) is 0 Å². The minimum atomic E-state index is 0. The molecule has 0 radical (unpaired) electrons. The molecule has 156 valence electrons. The highest BCUT2D eigenvalue weighted by Gasteiger charge is 2.24. The van der Waals surface area contributed by atoms with Crippen molar-refractivity contribution in [2.45, 2.75) is 58.5 Å². The summed E-state index contributed by atoms with van der Waals surface area (Å²) >= 11 is 0. The van der Waals surface area contributed by atoms with Gasteiger partial charge in [-0.25, -0.2) is 5.01 Å². The number of methoxy groups -OCH3 is 1. The number of hydrazine groups is 1. The summed E-state index contributed by atoms with van der Waals surface area (Å²) in [6, 6.07) is 7.06. The molecule has 0 heterocycles. The van der Waals surface area contributed by atoms with E-state index >= 15 is 0 Å². The van der Waals surface area contributed by atoms with Crippen LogP contribution in [0.25, 0.3) is 0 Å². The van der Waals surface area contributed by atoms with E-state index in [0.29, 0.717) is 12.1 Å². The molecule has 5 nitrogen and oxygen atoms in total. The first-order chi connectivity index (χ1) is 12.2. The lowest BCUT2D eigenvalue weighted by atomic mass is 9.87. The lowest BCUT2D eigenvalue weighted by Crippen LogP contribution is -2.51. The molecule has 1 aliphatic rings. The van der Waals surface area contributed by atoms with Crippen LogP contribution in [0.4, 0.5) is 0 Å². The molecule has 27 heavy (non-hydrogen) atoms. The van der Waals surface area contributed by atoms with Gasteiger partial charge in [0.1, 0.15) is 5.75 Å². The number of nitrogens with zero attached hydrogens (tertiary/aromatic N) is 2. The Morgan fingerprint density at radius 1 is 1.26 bits per heavy atom. The quantitative estimate of drug-likeness (QED) is 0.465. The Labute approximate surface area is 176 Å². The van der Waals surface area contributed by atoms with Gasteiger partial charge in [-0.3, -0.25) is 9.80 Å². The molecule has 2 unspecified atom stereocenters. The van der Waals surface area contributed by atoms with Crippen LogP contribution in [0, 0.1) is 0 Å². The largest absolute Gasteiger partial charge is 0.496 e. The summed E-state index contributed by atoms with van der Waals surface area (Å²) in [6.07, 6.45) is 5.15. The third-order valence-corrected chi connectivity index (χ3v) is 5.25. The van der Waals surface area contributed by atoms with Crippen molar-refractivity contribution in [2.75, 3.05) is 26.7 Å². The third kappa shape index (κ3) is 6.83. The molecular formula is C20H35Cl2N3O2. The number of benzene rings is 1. The first-order valence-electron chi connectivity index (χ1n) is 9.54. The SMILES string of the molecule is CCC(CN(C=O)N(CC)CC)NC1CCc2cccc(OC)c2C1.Cl.Cl. The fourth-order valence-electron chi connectivity index (χ4n) is 3.76. The van der Waals surface area contributed by atoms with Gasteiger partial charge in [0.15, 0.2) is 0 Å². The maximum atomic E-state index is 11.5. The van der Waals surface area contributed by atoms with Crippen LogP contribution in [0.15, 0.2) is 18.2 Å².